The maximum Gasteiger partial charge on any atom is 0.317 e. The lowest BCUT2D eigenvalue weighted by atomic mass is 10.5. The van der Waals surface area contributed by atoms with Gasteiger partial charge in [0, 0.05) is 6.54 Å². The average molecular weight is 163 g/mol. The molecule has 0 bridgehead atoms. The summed E-state index contributed by atoms with van der Waals surface area (Å²) >= 11 is 0. The van der Waals surface area contributed by atoms with E-state index in [9.17, 15) is 9.13 Å². The summed E-state index contributed by atoms with van der Waals surface area (Å²) in [7, 11) is -2.19. The van der Waals surface area contributed by atoms with Crippen molar-refractivity contribution in [3.63, 3.8) is 0 Å². The molecular weight excluding hydrogens is 149 g/mol. The summed E-state index contributed by atoms with van der Waals surface area (Å²) in [5.74, 6) is 0. The molecule has 0 heterocycles. The fourth-order valence-electron chi connectivity index (χ4n) is 0.763. The van der Waals surface area contributed by atoms with Crippen molar-refractivity contribution in [2.45, 2.75) is 13.8 Å². The maximum atomic E-state index is 10.1. The van der Waals surface area contributed by atoms with Crippen LogP contribution in [0.1, 0.15) is 13.8 Å². The molecule has 10 heavy (non-hydrogen) atoms. The quantitative estimate of drug-likeness (QED) is 0.576. The highest BCUT2D eigenvalue weighted by molar-refractivity contribution is 7.30. The predicted octanol–water partition coefficient (Wildman–Crippen LogP) is 1.50. The summed E-state index contributed by atoms with van der Waals surface area (Å²) < 4.78 is 20.3. The highest BCUT2D eigenvalue weighted by Gasteiger charge is 1.99. The zero-order valence-electron chi connectivity index (χ0n) is 6.54. The van der Waals surface area contributed by atoms with E-state index in [1.54, 1.807) is 0 Å². The number of nitrogens with zero attached hydrogens (tertiary/aromatic N) is 1. The Morgan fingerprint density at radius 1 is 1.20 bits per heavy atom. The van der Waals surface area contributed by atoms with E-state index in [2.05, 4.69) is 4.90 Å². The van der Waals surface area contributed by atoms with Crippen molar-refractivity contribution < 1.29 is 9.13 Å². The van der Waals surface area contributed by atoms with Gasteiger partial charge in [-0.1, -0.05) is 13.8 Å². The van der Waals surface area contributed by atoms with Crippen molar-refractivity contribution >= 4 is 7.68 Å². The molecule has 0 fully saturated rings. The molecule has 0 aliphatic carbocycles. The molecule has 0 N–H and O–H groups in total. The van der Waals surface area contributed by atoms with E-state index >= 15 is 0 Å². The predicted molar refractivity (Wildman–Crippen MR) is 40.9 cm³/mol. The molecule has 0 rings (SSSR count). The summed E-state index contributed by atoms with van der Waals surface area (Å²) in [5, 5.41) is 0. The normalized spacial score (nSPS) is 10.3. The highest BCUT2D eigenvalue weighted by Crippen LogP contribution is 2.02. The van der Waals surface area contributed by atoms with E-state index in [0.29, 0.717) is 6.54 Å². The molecule has 0 aromatic carbocycles. The first kappa shape index (κ1) is 9.86. The molecule has 0 unspecified atom stereocenters. The topological polar surface area (TPSA) is 37.4 Å². The first-order chi connectivity index (χ1) is 4.70. The van der Waals surface area contributed by atoms with Gasteiger partial charge in [0.15, 0.2) is 0 Å². The van der Waals surface area contributed by atoms with E-state index in [1.807, 2.05) is 13.8 Å². The van der Waals surface area contributed by atoms with Gasteiger partial charge in [-0.05, 0) is 13.1 Å². The van der Waals surface area contributed by atoms with Gasteiger partial charge in [-0.3, -0.25) is 0 Å². The average Bonchev–Trinajstić information content (AvgIpc) is 1.90. The Bertz CT molecular complexity index is 133. The number of hydrogen-bond donors (Lipinski definition) is 0. The van der Waals surface area contributed by atoms with E-state index in [0.717, 1.165) is 13.1 Å². The molecule has 0 atom stereocenters. The van der Waals surface area contributed by atoms with Gasteiger partial charge in [-0.2, -0.15) is 0 Å². The molecule has 0 aromatic heterocycles. The van der Waals surface area contributed by atoms with Gasteiger partial charge in [0.05, 0.1) is 6.16 Å². The third kappa shape index (κ3) is 4.71. The SMILES string of the molecule is CCN(CC)CCP(=O)=O. The minimum Gasteiger partial charge on any atom is -0.303 e. The molecule has 4 heteroatoms. The molecular formula is C6H14NO2P. The smallest absolute Gasteiger partial charge is 0.303 e. The van der Waals surface area contributed by atoms with Crippen LogP contribution in [0, 0.1) is 0 Å². The minimum absolute atomic E-state index is 0.289. The fraction of sp³-hybridized carbons (Fsp3) is 1.00. The second-order valence-corrected chi connectivity index (χ2v) is 3.20. The molecule has 3 nitrogen and oxygen atoms in total. The van der Waals surface area contributed by atoms with Crippen LogP contribution >= 0.6 is 7.68 Å². The van der Waals surface area contributed by atoms with Gasteiger partial charge in [-0.15, -0.1) is 0 Å². The van der Waals surface area contributed by atoms with E-state index in [4.69, 9.17) is 0 Å². The third-order valence-corrected chi connectivity index (χ3v) is 2.06. The molecule has 0 amide bonds. The lowest BCUT2D eigenvalue weighted by Gasteiger charge is -2.14. The van der Waals surface area contributed by atoms with Crippen LogP contribution in [0.15, 0.2) is 0 Å². The van der Waals surface area contributed by atoms with Crippen molar-refractivity contribution in [3.05, 3.63) is 0 Å². The second kappa shape index (κ2) is 5.63. The van der Waals surface area contributed by atoms with Gasteiger partial charge in [-0.25, -0.2) is 9.13 Å². The van der Waals surface area contributed by atoms with Crippen LogP contribution in [-0.2, 0) is 9.13 Å². The van der Waals surface area contributed by atoms with Crippen molar-refractivity contribution in [3.8, 4) is 0 Å². The molecule has 0 saturated heterocycles. The standard InChI is InChI=1S/C6H14NO2P/c1-3-7(4-2)5-6-10(8)9/h3-6H2,1-2H3. The Balaban J connectivity index is 3.44. The van der Waals surface area contributed by atoms with Crippen LogP contribution in [0.5, 0.6) is 0 Å². The maximum absolute atomic E-state index is 10.1. The van der Waals surface area contributed by atoms with Crippen LogP contribution in [0.3, 0.4) is 0 Å². The Morgan fingerprint density at radius 2 is 1.70 bits per heavy atom. The van der Waals surface area contributed by atoms with Gasteiger partial charge >= 0.3 is 7.68 Å². The summed E-state index contributed by atoms with van der Waals surface area (Å²) in [5.41, 5.74) is 0. The number of rotatable bonds is 5. The highest BCUT2D eigenvalue weighted by atomic mass is 31.1. The molecule has 0 spiro atoms. The summed E-state index contributed by atoms with van der Waals surface area (Å²) in [6.45, 7) is 6.59. The van der Waals surface area contributed by atoms with Crippen molar-refractivity contribution in [2.24, 2.45) is 0 Å². The van der Waals surface area contributed by atoms with E-state index < -0.39 is 7.68 Å². The van der Waals surface area contributed by atoms with Crippen molar-refractivity contribution in [2.75, 3.05) is 25.8 Å². The van der Waals surface area contributed by atoms with Gasteiger partial charge in [0.25, 0.3) is 0 Å². The van der Waals surface area contributed by atoms with Crippen LogP contribution in [0.4, 0.5) is 0 Å². The third-order valence-electron chi connectivity index (χ3n) is 1.49. The second-order valence-electron chi connectivity index (χ2n) is 2.08. The summed E-state index contributed by atoms with van der Waals surface area (Å²) in [4.78, 5) is 2.09. The molecule has 0 radical (unpaired) electrons. The first-order valence-electron chi connectivity index (χ1n) is 3.54. The Morgan fingerprint density at radius 3 is 2.00 bits per heavy atom. The van der Waals surface area contributed by atoms with Crippen LogP contribution in [-0.4, -0.2) is 30.7 Å². The van der Waals surface area contributed by atoms with E-state index in [1.165, 1.54) is 0 Å². The molecule has 0 aliphatic rings. The van der Waals surface area contributed by atoms with Gasteiger partial charge in [0.1, 0.15) is 0 Å². The van der Waals surface area contributed by atoms with Crippen LogP contribution < -0.4 is 0 Å². The van der Waals surface area contributed by atoms with E-state index in [-0.39, 0.29) is 6.16 Å². The monoisotopic (exact) mass is 163 g/mol. The minimum atomic E-state index is -2.19. The first-order valence-corrected chi connectivity index (χ1v) is 4.91. The zero-order valence-corrected chi connectivity index (χ0v) is 7.43. The Kier molecular flexibility index (Phi) is 5.55. The summed E-state index contributed by atoms with van der Waals surface area (Å²) in [6, 6.07) is 0. The van der Waals surface area contributed by atoms with Gasteiger partial charge in [0.2, 0.25) is 0 Å². The zero-order chi connectivity index (χ0) is 7.98. The number of hydrogen-bond acceptors (Lipinski definition) is 3. The lowest BCUT2D eigenvalue weighted by Crippen LogP contribution is -2.24. The molecule has 0 saturated carbocycles. The lowest BCUT2D eigenvalue weighted by molar-refractivity contribution is 0.321. The van der Waals surface area contributed by atoms with Crippen molar-refractivity contribution in [1.82, 2.24) is 4.90 Å². The fourth-order valence-corrected chi connectivity index (χ4v) is 1.21. The molecule has 60 valence electrons. The summed E-state index contributed by atoms with van der Waals surface area (Å²) in [6.07, 6.45) is 0.289. The Hall–Kier alpha value is -0.140. The van der Waals surface area contributed by atoms with Crippen LogP contribution in [0.25, 0.3) is 0 Å². The van der Waals surface area contributed by atoms with Gasteiger partial charge < -0.3 is 4.90 Å². The largest absolute Gasteiger partial charge is 0.317 e. The molecule has 0 aromatic rings. The van der Waals surface area contributed by atoms with Crippen LogP contribution in [0.2, 0.25) is 0 Å². The molecule has 0 aliphatic heterocycles. The van der Waals surface area contributed by atoms with Crippen molar-refractivity contribution in [1.29, 1.82) is 0 Å². The Labute approximate surface area is 62.2 Å².